The van der Waals surface area contributed by atoms with Gasteiger partial charge in [-0.1, -0.05) is 19.8 Å². The molecule has 0 aliphatic heterocycles. The van der Waals surface area contributed by atoms with Gasteiger partial charge in [0.15, 0.2) is 6.23 Å². The molecule has 11 heavy (non-hydrogen) atoms. The average molecular weight is 158 g/mol. The summed E-state index contributed by atoms with van der Waals surface area (Å²) in [7, 11) is 0. The number of rotatable bonds is 5. The van der Waals surface area contributed by atoms with E-state index >= 15 is 0 Å². The van der Waals surface area contributed by atoms with Crippen molar-refractivity contribution in [1.82, 2.24) is 5.32 Å². The first kappa shape index (κ1) is 10.4. The van der Waals surface area contributed by atoms with E-state index in [-0.39, 0.29) is 5.91 Å². The lowest BCUT2D eigenvalue weighted by atomic mass is 10.2. The van der Waals surface area contributed by atoms with Crippen LogP contribution in [-0.2, 0) is 9.90 Å². The van der Waals surface area contributed by atoms with Gasteiger partial charge < -0.3 is 5.32 Å². The Kier molecular flexibility index (Phi) is 5.84. The third-order valence-electron chi connectivity index (χ3n) is 1.43. The van der Waals surface area contributed by atoms with E-state index in [9.17, 15) is 9.90 Å². The minimum atomic E-state index is -0.904. The highest BCUT2D eigenvalue weighted by molar-refractivity contribution is 5.72. The maximum atomic E-state index is 10.9. The summed E-state index contributed by atoms with van der Waals surface area (Å²) in [5.74, 6) is -0.235. The molecule has 0 spiro atoms. The molecule has 3 heteroatoms. The first-order valence-electron chi connectivity index (χ1n) is 4.09. The van der Waals surface area contributed by atoms with Crippen LogP contribution in [0.4, 0.5) is 0 Å². The van der Waals surface area contributed by atoms with Gasteiger partial charge in [0.1, 0.15) is 0 Å². The lowest BCUT2D eigenvalue weighted by molar-refractivity contribution is -0.123. The van der Waals surface area contributed by atoms with E-state index in [1.165, 1.54) is 6.92 Å². The Labute approximate surface area is 67.8 Å². The fraction of sp³-hybridized carbons (Fsp3) is 0.875. The molecule has 3 nitrogen and oxygen atoms in total. The third-order valence-corrected chi connectivity index (χ3v) is 1.43. The molecule has 0 aliphatic rings. The van der Waals surface area contributed by atoms with Crippen molar-refractivity contribution in [3.05, 3.63) is 0 Å². The summed E-state index contributed by atoms with van der Waals surface area (Å²) in [6.45, 7) is 3.45. The summed E-state index contributed by atoms with van der Waals surface area (Å²) in [6, 6.07) is 0. The van der Waals surface area contributed by atoms with Gasteiger partial charge in [-0.2, -0.15) is 0 Å². The largest absolute Gasteiger partial charge is 0.328 e. The molecule has 0 bridgehead atoms. The van der Waals surface area contributed by atoms with Gasteiger partial charge in [-0.15, -0.1) is 0 Å². The van der Waals surface area contributed by atoms with Gasteiger partial charge in [-0.05, 0) is 12.8 Å². The van der Waals surface area contributed by atoms with E-state index in [4.69, 9.17) is 0 Å². The smallest absolute Gasteiger partial charge is 0.218 e. The minimum absolute atomic E-state index is 0.235. The number of amides is 1. The highest BCUT2D eigenvalue weighted by Crippen LogP contribution is 2.01. The fourth-order valence-electron chi connectivity index (χ4n) is 0.879. The Morgan fingerprint density at radius 2 is 2.09 bits per heavy atom. The van der Waals surface area contributed by atoms with Crippen molar-refractivity contribution in [2.75, 3.05) is 0 Å². The van der Waals surface area contributed by atoms with E-state index in [0.717, 1.165) is 19.3 Å². The van der Waals surface area contributed by atoms with Crippen LogP contribution < -0.4 is 5.32 Å². The summed E-state index contributed by atoms with van der Waals surface area (Å²) >= 11 is 0. The Balaban J connectivity index is 3.22. The molecule has 65 valence electrons. The summed E-state index contributed by atoms with van der Waals surface area (Å²) in [4.78, 5) is 10.4. The van der Waals surface area contributed by atoms with Crippen LogP contribution in [0.2, 0.25) is 0 Å². The summed E-state index contributed by atoms with van der Waals surface area (Å²) < 4.78 is 0. The minimum Gasteiger partial charge on any atom is -0.328 e. The Morgan fingerprint density at radius 1 is 1.45 bits per heavy atom. The molecule has 1 radical (unpaired) electrons. The molecular weight excluding hydrogens is 142 g/mol. The van der Waals surface area contributed by atoms with E-state index in [0.29, 0.717) is 6.42 Å². The lowest BCUT2D eigenvalue weighted by Crippen LogP contribution is -2.31. The van der Waals surface area contributed by atoms with Crippen molar-refractivity contribution in [1.29, 1.82) is 0 Å². The molecular formula is C8H16NO2. The van der Waals surface area contributed by atoms with Crippen molar-refractivity contribution in [3.63, 3.8) is 0 Å². The second kappa shape index (κ2) is 6.16. The van der Waals surface area contributed by atoms with Gasteiger partial charge in [0.2, 0.25) is 5.91 Å². The molecule has 0 saturated carbocycles. The summed E-state index contributed by atoms with van der Waals surface area (Å²) in [6.07, 6.45) is 2.72. The molecule has 0 rings (SSSR count). The third kappa shape index (κ3) is 7.33. The van der Waals surface area contributed by atoms with Crippen LogP contribution in [0.25, 0.3) is 0 Å². The zero-order valence-electron chi connectivity index (χ0n) is 7.22. The highest BCUT2D eigenvalue weighted by atomic mass is 16.3. The van der Waals surface area contributed by atoms with Crippen LogP contribution in [0.15, 0.2) is 0 Å². The molecule has 1 unspecified atom stereocenters. The second-order valence-electron chi connectivity index (χ2n) is 2.68. The van der Waals surface area contributed by atoms with Gasteiger partial charge in [0.25, 0.3) is 0 Å². The van der Waals surface area contributed by atoms with Gasteiger partial charge in [-0.25, -0.2) is 5.11 Å². The quantitative estimate of drug-likeness (QED) is 0.478. The normalized spacial score (nSPS) is 12.6. The zero-order chi connectivity index (χ0) is 8.69. The van der Waals surface area contributed by atoms with E-state index in [1.807, 2.05) is 0 Å². The van der Waals surface area contributed by atoms with Crippen molar-refractivity contribution in [2.45, 2.75) is 45.8 Å². The molecule has 0 fully saturated rings. The number of hydrogen-bond donors (Lipinski definition) is 1. The summed E-state index contributed by atoms with van der Waals surface area (Å²) in [5, 5.41) is 13.2. The van der Waals surface area contributed by atoms with Gasteiger partial charge >= 0.3 is 0 Å². The predicted octanol–water partition coefficient (Wildman–Crippen LogP) is 1.46. The number of carbonyl (C=O) groups is 1. The van der Waals surface area contributed by atoms with Crippen LogP contribution in [-0.4, -0.2) is 12.1 Å². The zero-order valence-corrected chi connectivity index (χ0v) is 7.22. The molecule has 1 amide bonds. The van der Waals surface area contributed by atoms with Crippen molar-refractivity contribution in [2.24, 2.45) is 0 Å². The Morgan fingerprint density at radius 3 is 2.55 bits per heavy atom. The molecule has 1 atom stereocenters. The van der Waals surface area contributed by atoms with Crippen LogP contribution in [0.5, 0.6) is 0 Å². The summed E-state index contributed by atoms with van der Waals surface area (Å²) in [5.41, 5.74) is 0. The highest BCUT2D eigenvalue weighted by Gasteiger charge is 2.04. The number of hydrogen-bond acceptors (Lipinski definition) is 1. The van der Waals surface area contributed by atoms with E-state index in [2.05, 4.69) is 12.2 Å². The molecule has 0 aromatic heterocycles. The standard InChI is InChI=1S/C8H16NO2/c1-3-4-5-6-8(11)9-7(2)10/h8H,3-6H2,1-2H3,(H,9,10). The van der Waals surface area contributed by atoms with Gasteiger partial charge in [0.05, 0.1) is 0 Å². The van der Waals surface area contributed by atoms with Crippen LogP contribution in [0.1, 0.15) is 39.5 Å². The van der Waals surface area contributed by atoms with Crippen molar-refractivity contribution < 1.29 is 9.90 Å². The molecule has 0 aromatic carbocycles. The lowest BCUT2D eigenvalue weighted by Gasteiger charge is -2.07. The van der Waals surface area contributed by atoms with E-state index < -0.39 is 6.23 Å². The first-order valence-corrected chi connectivity index (χ1v) is 4.09. The van der Waals surface area contributed by atoms with Gasteiger partial charge in [0, 0.05) is 6.92 Å². The SMILES string of the molecule is CCCCCC([O])NC(C)=O. The Bertz CT molecular complexity index is 115. The fourth-order valence-corrected chi connectivity index (χ4v) is 0.879. The predicted molar refractivity (Wildman–Crippen MR) is 42.4 cm³/mol. The van der Waals surface area contributed by atoms with Crippen LogP contribution in [0, 0.1) is 0 Å². The molecule has 0 aliphatic carbocycles. The maximum Gasteiger partial charge on any atom is 0.218 e. The van der Waals surface area contributed by atoms with Crippen molar-refractivity contribution in [3.8, 4) is 0 Å². The molecule has 0 saturated heterocycles. The van der Waals surface area contributed by atoms with Crippen LogP contribution in [0.3, 0.4) is 0 Å². The number of unbranched alkanes of at least 4 members (excludes halogenated alkanes) is 2. The molecule has 1 N–H and O–H groups in total. The van der Waals surface area contributed by atoms with Gasteiger partial charge in [-0.3, -0.25) is 4.79 Å². The molecule has 0 heterocycles. The Hall–Kier alpha value is -0.570. The topological polar surface area (TPSA) is 49.0 Å². The monoisotopic (exact) mass is 158 g/mol. The molecule has 0 aromatic rings. The number of carbonyl (C=O) groups excluding carboxylic acids is 1. The number of nitrogens with one attached hydrogen (secondary N) is 1. The first-order chi connectivity index (χ1) is 5.16. The second-order valence-corrected chi connectivity index (χ2v) is 2.68. The van der Waals surface area contributed by atoms with Crippen molar-refractivity contribution >= 4 is 5.91 Å². The average Bonchev–Trinajstić information content (AvgIpc) is 1.86. The maximum absolute atomic E-state index is 10.9. The van der Waals surface area contributed by atoms with E-state index in [1.54, 1.807) is 0 Å². The van der Waals surface area contributed by atoms with Crippen LogP contribution >= 0.6 is 0 Å².